The van der Waals surface area contributed by atoms with E-state index >= 15 is 0 Å². The number of aliphatic carboxylic acids is 1. The van der Waals surface area contributed by atoms with Crippen molar-refractivity contribution in [2.75, 3.05) is 26.4 Å². The van der Waals surface area contributed by atoms with Crippen molar-refractivity contribution < 1.29 is 37.6 Å². The van der Waals surface area contributed by atoms with E-state index in [2.05, 4.69) is 11.9 Å². The van der Waals surface area contributed by atoms with Crippen molar-refractivity contribution in [1.29, 1.82) is 0 Å². The minimum Gasteiger partial charge on any atom is -0.481 e. The predicted octanol–water partition coefficient (Wildman–Crippen LogP) is 3.43. The SMILES string of the molecule is C=C[C@@H]1C(C(=O)NCCCCOP(=O)(OCC)OCC)C(C(=O)O)[C@H](C(C)=O)N1Cc1ccccc1. The highest BCUT2D eigenvalue weighted by Gasteiger charge is 2.55. The maximum atomic E-state index is 13.2. The van der Waals surface area contributed by atoms with Crippen LogP contribution in [0.25, 0.3) is 0 Å². The average molecular weight is 525 g/mol. The Morgan fingerprint density at radius 2 is 1.72 bits per heavy atom. The van der Waals surface area contributed by atoms with Gasteiger partial charge in [-0.1, -0.05) is 36.4 Å². The molecule has 1 heterocycles. The fraction of sp³-hybridized carbons (Fsp3) is 0.560. The Morgan fingerprint density at radius 1 is 1.08 bits per heavy atom. The molecule has 36 heavy (non-hydrogen) atoms. The molecule has 200 valence electrons. The molecule has 0 aromatic heterocycles. The molecule has 1 aromatic carbocycles. The number of Topliss-reactive ketones (excluding diaryl/α,β-unsaturated/α-hetero) is 1. The Balaban J connectivity index is 2.05. The van der Waals surface area contributed by atoms with Crippen LogP contribution in [0.5, 0.6) is 0 Å². The van der Waals surface area contributed by atoms with Crippen molar-refractivity contribution in [2.45, 2.75) is 52.2 Å². The summed E-state index contributed by atoms with van der Waals surface area (Å²) in [7, 11) is -3.59. The Hall–Kier alpha value is -2.36. The zero-order valence-corrected chi connectivity index (χ0v) is 22.0. The van der Waals surface area contributed by atoms with Crippen LogP contribution in [0.1, 0.15) is 39.2 Å². The Bertz CT molecular complexity index is 931. The van der Waals surface area contributed by atoms with Gasteiger partial charge in [0.2, 0.25) is 5.91 Å². The molecule has 0 saturated carbocycles. The first-order valence-electron chi connectivity index (χ1n) is 12.2. The highest BCUT2D eigenvalue weighted by atomic mass is 31.2. The molecule has 11 heteroatoms. The average Bonchev–Trinajstić information content (AvgIpc) is 3.16. The number of amides is 1. The Morgan fingerprint density at radius 3 is 2.25 bits per heavy atom. The van der Waals surface area contributed by atoms with Crippen molar-refractivity contribution in [3.05, 3.63) is 48.6 Å². The highest BCUT2D eigenvalue weighted by molar-refractivity contribution is 7.48. The maximum absolute atomic E-state index is 13.2. The largest absolute Gasteiger partial charge is 0.481 e. The second kappa shape index (κ2) is 14.4. The van der Waals surface area contributed by atoms with E-state index in [1.807, 2.05) is 30.3 Å². The lowest BCUT2D eigenvalue weighted by atomic mass is 9.85. The summed E-state index contributed by atoms with van der Waals surface area (Å²) >= 11 is 0. The first kappa shape index (κ1) is 29.9. The molecule has 1 aliphatic heterocycles. The van der Waals surface area contributed by atoms with Crippen molar-refractivity contribution in [3.63, 3.8) is 0 Å². The quantitative estimate of drug-likeness (QED) is 0.190. The van der Waals surface area contributed by atoms with Crippen molar-refractivity contribution in [2.24, 2.45) is 11.8 Å². The summed E-state index contributed by atoms with van der Waals surface area (Å²) < 4.78 is 27.7. The number of carbonyl (C=O) groups is 3. The van der Waals surface area contributed by atoms with Gasteiger partial charge in [0.25, 0.3) is 0 Å². The minimum absolute atomic E-state index is 0.112. The molecule has 2 N–H and O–H groups in total. The molecule has 0 radical (unpaired) electrons. The third-order valence-corrected chi connectivity index (χ3v) is 7.63. The van der Waals surface area contributed by atoms with Gasteiger partial charge in [-0.15, -0.1) is 6.58 Å². The number of rotatable bonds is 16. The van der Waals surface area contributed by atoms with Crippen LogP contribution in [-0.2, 0) is 39.1 Å². The van der Waals surface area contributed by atoms with E-state index in [1.54, 1.807) is 24.8 Å². The van der Waals surface area contributed by atoms with Gasteiger partial charge in [-0.25, -0.2) is 4.57 Å². The van der Waals surface area contributed by atoms with Crippen LogP contribution in [0.4, 0.5) is 0 Å². The molecule has 0 spiro atoms. The van der Waals surface area contributed by atoms with E-state index in [0.29, 0.717) is 19.4 Å². The fourth-order valence-electron chi connectivity index (χ4n) is 4.54. The molecular formula is C25H37N2O8P. The molecule has 1 amide bonds. The summed E-state index contributed by atoms with van der Waals surface area (Å²) in [5.74, 6) is -4.16. The lowest BCUT2D eigenvalue weighted by Gasteiger charge is -2.28. The number of likely N-dealkylation sites (tertiary alicyclic amines) is 1. The van der Waals surface area contributed by atoms with Gasteiger partial charge in [0.05, 0.1) is 37.7 Å². The lowest BCUT2D eigenvalue weighted by Crippen LogP contribution is -2.43. The lowest BCUT2D eigenvalue weighted by molar-refractivity contribution is -0.148. The fourth-order valence-corrected chi connectivity index (χ4v) is 5.75. The van der Waals surface area contributed by atoms with Gasteiger partial charge >= 0.3 is 13.8 Å². The number of nitrogens with zero attached hydrogens (tertiary/aromatic N) is 1. The number of carboxylic acids is 1. The van der Waals surface area contributed by atoms with Crippen LogP contribution in [0.3, 0.4) is 0 Å². The molecule has 0 aliphatic carbocycles. The molecule has 10 nitrogen and oxygen atoms in total. The highest BCUT2D eigenvalue weighted by Crippen LogP contribution is 2.49. The van der Waals surface area contributed by atoms with E-state index in [-0.39, 0.29) is 32.1 Å². The molecule has 4 atom stereocenters. The zero-order valence-electron chi connectivity index (χ0n) is 21.1. The number of ketones is 1. The van der Waals surface area contributed by atoms with Gasteiger partial charge in [-0.2, -0.15) is 0 Å². The molecular weight excluding hydrogens is 487 g/mol. The summed E-state index contributed by atoms with van der Waals surface area (Å²) in [6.07, 6.45) is 2.51. The number of carbonyl (C=O) groups excluding carboxylic acids is 2. The minimum atomic E-state index is -3.59. The molecule has 1 fully saturated rings. The summed E-state index contributed by atoms with van der Waals surface area (Å²) in [5, 5.41) is 12.8. The Kier molecular flexibility index (Phi) is 11.9. The number of benzene rings is 1. The van der Waals surface area contributed by atoms with Gasteiger partial charge in [0.15, 0.2) is 0 Å². The van der Waals surface area contributed by atoms with Crippen molar-refractivity contribution >= 4 is 25.5 Å². The van der Waals surface area contributed by atoms with Crippen LogP contribution >= 0.6 is 7.82 Å². The molecule has 1 aromatic rings. The van der Waals surface area contributed by atoms with Crippen molar-refractivity contribution in [3.8, 4) is 0 Å². The first-order chi connectivity index (χ1) is 17.2. The van der Waals surface area contributed by atoms with E-state index in [9.17, 15) is 24.1 Å². The molecule has 2 rings (SSSR count). The zero-order chi connectivity index (χ0) is 26.7. The van der Waals surface area contributed by atoms with Crippen LogP contribution in [0.15, 0.2) is 43.0 Å². The third kappa shape index (κ3) is 7.82. The summed E-state index contributed by atoms with van der Waals surface area (Å²) in [5.41, 5.74) is 0.900. The summed E-state index contributed by atoms with van der Waals surface area (Å²) in [6, 6.07) is 7.78. The van der Waals surface area contributed by atoms with E-state index in [4.69, 9.17) is 13.6 Å². The number of hydrogen-bond acceptors (Lipinski definition) is 8. The normalized spacial score (nSPS) is 22.3. The number of hydrogen-bond donors (Lipinski definition) is 2. The van der Waals surface area contributed by atoms with Crippen LogP contribution < -0.4 is 5.32 Å². The Labute approximate surface area is 212 Å². The summed E-state index contributed by atoms with van der Waals surface area (Å²) in [6.45, 7) is 9.61. The number of unbranched alkanes of at least 4 members (excludes halogenated alkanes) is 1. The second-order valence-corrected chi connectivity index (χ2v) is 10.1. The smallest absolute Gasteiger partial charge is 0.474 e. The monoisotopic (exact) mass is 524 g/mol. The molecule has 0 bridgehead atoms. The van der Waals surface area contributed by atoms with Gasteiger partial charge in [-0.3, -0.25) is 32.9 Å². The maximum Gasteiger partial charge on any atom is 0.474 e. The summed E-state index contributed by atoms with van der Waals surface area (Å²) in [4.78, 5) is 39.7. The standard InChI is InChI=1S/C25H37N2O8P/c1-5-20-21(24(29)26-15-11-12-16-35-36(32,33-6-2)34-7-3)22(25(30)31)23(18(4)28)27(20)17-19-13-9-8-10-14-19/h5,8-10,13-14,20-23H,1,6-7,11-12,15-17H2,2-4H3,(H,26,29)(H,30,31)/t20-,21?,22?,23+/m1/s1. The van der Waals surface area contributed by atoms with Crippen LogP contribution in [-0.4, -0.2) is 66.1 Å². The van der Waals surface area contributed by atoms with Gasteiger partial charge in [0, 0.05) is 19.1 Å². The van der Waals surface area contributed by atoms with Gasteiger partial charge in [-0.05, 0) is 39.2 Å². The van der Waals surface area contributed by atoms with Crippen LogP contribution in [0.2, 0.25) is 0 Å². The molecule has 1 saturated heterocycles. The number of nitrogens with one attached hydrogen (secondary N) is 1. The molecule has 2 unspecified atom stereocenters. The van der Waals surface area contributed by atoms with Crippen LogP contribution in [0, 0.1) is 11.8 Å². The third-order valence-electron chi connectivity index (χ3n) is 5.98. The first-order valence-corrected chi connectivity index (χ1v) is 13.6. The number of carboxylic acid groups (broad SMARTS) is 1. The van der Waals surface area contributed by atoms with E-state index in [1.165, 1.54) is 6.92 Å². The van der Waals surface area contributed by atoms with E-state index in [0.717, 1.165) is 5.56 Å². The number of phosphoric ester groups is 1. The van der Waals surface area contributed by atoms with Crippen molar-refractivity contribution in [1.82, 2.24) is 10.2 Å². The molecule has 1 aliphatic rings. The van der Waals surface area contributed by atoms with E-state index < -0.39 is 43.6 Å². The van der Waals surface area contributed by atoms with Gasteiger partial charge in [0.1, 0.15) is 5.78 Å². The van der Waals surface area contributed by atoms with Gasteiger partial charge < -0.3 is 10.4 Å². The topological polar surface area (TPSA) is 131 Å². The predicted molar refractivity (Wildman–Crippen MR) is 134 cm³/mol. The second-order valence-electron chi connectivity index (χ2n) is 8.44. The number of phosphoric acid groups is 1.